The lowest BCUT2D eigenvalue weighted by atomic mass is 10.1. The zero-order valence-corrected chi connectivity index (χ0v) is 8.03. The van der Waals surface area contributed by atoms with E-state index in [1.807, 2.05) is 11.8 Å². The van der Waals surface area contributed by atoms with E-state index < -0.39 is 0 Å². The zero-order chi connectivity index (χ0) is 8.81. The highest BCUT2D eigenvalue weighted by atomic mass is 32.2. The van der Waals surface area contributed by atoms with E-state index in [1.165, 1.54) is 5.75 Å². The van der Waals surface area contributed by atoms with E-state index in [1.54, 1.807) is 6.08 Å². The van der Waals surface area contributed by atoms with Crippen LogP contribution in [-0.4, -0.2) is 29.9 Å². The van der Waals surface area contributed by atoms with Crippen molar-refractivity contribution in [2.75, 3.05) is 18.1 Å². The lowest BCUT2D eigenvalue weighted by molar-refractivity contribution is -0.118. The number of nitrogens with one attached hydrogen (secondary N) is 1. The van der Waals surface area contributed by atoms with Crippen molar-refractivity contribution in [2.45, 2.75) is 18.9 Å². The summed E-state index contributed by atoms with van der Waals surface area (Å²) in [7, 11) is 0. The highest BCUT2D eigenvalue weighted by Gasteiger charge is 2.15. The second kappa shape index (κ2) is 5.38. The van der Waals surface area contributed by atoms with Crippen molar-refractivity contribution < 1.29 is 4.79 Å². The molecule has 0 aromatic heterocycles. The minimum Gasteiger partial charge on any atom is -0.312 e. The Hall–Kier alpha value is -0.280. The Morgan fingerprint density at radius 1 is 1.75 bits per heavy atom. The van der Waals surface area contributed by atoms with Gasteiger partial charge in [0.25, 0.3) is 0 Å². The molecule has 0 bridgehead atoms. The van der Waals surface area contributed by atoms with Crippen LogP contribution in [0.5, 0.6) is 0 Å². The van der Waals surface area contributed by atoms with Gasteiger partial charge in [-0.05, 0) is 0 Å². The summed E-state index contributed by atoms with van der Waals surface area (Å²) in [5, 5.41) is 3.33. The lowest BCUT2D eigenvalue weighted by Gasteiger charge is -2.22. The monoisotopic (exact) mass is 185 g/mol. The van der Waals surface area contributed by atoms with Crippen LogP contribution in [0.25, 0.3) is 0 Å². The van der Waals surface area contributed by atoms with Crippen LogP contribution in [0.1, 0.15) is 12.8 Å². The number of hydrogen-bond donors (Lipinski definition) is 1. The van der Waals surface area contributed by atoms with Gasteiger partial charge in [-0.2, -0.15) is 11.8 Å². The first kappa shape index (κ1) is 9.81. The Labute approximate surface area is 77.8 Å². The van der Waals surface area contributed by atoms with Crippen LogP contribution < -0.4 is 5.32 Å². The van der Waals surface area contributed by atoms with Gasteiger partial charge in [0.15, 0.2) is 0 Å². The Balaban J connectivity index is 2.19. The van der Waals surface area contributed by atoms with Crippen molar-refractivity contribution in [1.29, 1.82) is 0 Å². The molecule has 0 saturated carbocycles. The summed E-state index contributed by atoms with van der Waals surface area (Å²) >= 11 is 1.92. The molecule has 1 saturated heterocycles. The molecule has 1 fully saturated rings. The lowest BCUT2D eigenvalue weighted by Crippen LogP contribution is -2.38. The molecule has 1 aliphatic rings. The summed E-state index contributed by atoms with van der Waals surface area (Å²) in [4.78, 5) is 11.2. The second-order valence-electron chi connectivity index (χ2n) is 2.96. The van der Waals surface area contributed by atoms with Crippen molar-refractivity contribution in [3.05, 3.63) is 12.7 Å². The van der Waals surface area contributed by atoms with E-state index in [0.29, 0.717) is 24.7 Å². The maximum absolute atomic E-state index is 11.2. The van der Waals surface area contributed by atoms with Gasteiger partial charge in [0.2, 0.25) is 0 Å². The van der Waals surface area contributed by atoms with E-state index in [-0.39, 0.29) is 0 Å². The normalized spacial score (nSPS) is 23.5. The third kappa shape index (κ3) is 3.41. The fourth-order valence-electron chi connectivity index (χ4n) is 1.27. The molecule has 0 radical (unpaired) electrons. The van der Waals surface area contributed by atoms with Gasteiger partial charge in [0.05, 0.1) is 0 Å². The van der Waals surface area contributed by atoms with Crippen LogP contribution in [0.2, 0.25) is 0 Å². The van der Waals surface area contributed by atoms with Gasteiger partial charge in [0, 0.05) is 36.9 Å². The van der Waals surface area contributed by atoms with Crippen LogP contribution >= 0.6 is 11.8 Å². The van der Waals surface area contributed by atoms with Gasteiger partial charge in [0.1, 0.15) is 5.78 Å². The Bertz CT molecular complexity index is 164. The number of allylic oxidation sites excluding steroid dienone is 1. The zero-order valence-electron chi connectivity index (χ0n) is 7.21. The average Bonchev–Trinajstić information content (AvgIpc) is 2.06. The van der Waals surface area contributed by atoms with Crippen molar-refractivity contribution in [3.8, 4) is 0 Å². The molecule has 1 heterocycles. The molecule has 0 amide bonds. The number of carbonyl (C=O) groups is 1. The standard InChI is InChI=1S/C9H15NOS/c1-2-3-9(11)6-8-7-12-5-4-10-8/h2,8,10H,1,3-7H2. The summed E-state index contributed by atoms with van der Waals surface area (Å²) in [6.07, 6.45) is 2.86. The summed E-state index contributed by atoms with van der Waals surface area (Å²) in [5.74, 6) is 2.54. The Morgan fingerprint density at radius 2 is 2.58 bits per heavy atom. The second-order valence-corrected chi connectivity index (χ2v) is 4.11. The number of thioether (sulfide) groups is 1. The van der Waals surface area contributed by atoms with Crippen LogP contribution in [0.4, 0.5) is 0 Å². The van der Waals surface area contributed by atoms with Gasteiger partial charge in [-0.15, -0.1) is 6.58 Å². The maximum atomic E-state index is 11.2. The van der Waals surface area contributed by atoms with Crippen molar-refractivity contribution in [1.82, 2.24) is 5.32 Å². The van der Waals surface area contributed by atoms with E-state index in [4.69, 9.17) is 0 Å². The third-order valence-corrected chi connectivity index (χ3v) is 2.98. The quantitative estimate of drug-likeness (QED) is 0.668. The molecule has 12 heavy (non-hydrogen) atoms. The number of Topliss-reactive ketones (excluding diaryl/α,β-unsaturated/α-hetero) is 1. The molecule has 68 valence electrons. The first-order chi connectivity index (χ1) is 5.83. The van der Waals surface area contributed by atoms with E-state index >= 15 is 0 Å². The SMILES string of the molecule is C=CCC(=O)CC1CSCCN1. The molecule has 1 atom stereocenters. The van der Waals surface area contributed by atoms with E-state index in [2.05, 4.69) is 11.9 Å². The summed E-state index contributed by atoms with van der Waals surface area (Å²) < 4.78 is 0. The molecule has 2 nitrogen and oxygen atoms in total. The minimum absolute atomic E-state index is 0.296. The predicted molar refractivity (Wildman–Crippen MR) is 53.6 cm³/mol. The summed E-state index contributed by atoms with van der Waals surface area (Å²) in [6, 6.07) is 0.399. The van der Waals surface area contributed by atoms with E-state index in [0.717, 1.165) is 12.3 Å². The van der Waals surface area contributed by atoms with Crippen LogP contribution in [0, 0.1) is 0 Å². The van der Waals surface area contributed by atoms with Crippen molar-refractivity contribution >= 4 is 17.5 Å². The highest BCUT2D eigenvalue weighted by molar-refractivity contribution is 7.99. The van der Waals surface area contributed by atoms with Crippen molar-refractivity contribution in [2.24, 2.45) is 0 Å². The van der Waals surface area contributed by atoms with Gasteiger partial charge in [-0.25, -0.2) is 0 Å². The fourth-order valence-corrected chi connectivity index (χ4v) is 2.22. The van der Waals surface area contributed by atoms with Gasteiger partial charge < -0.3 is 5.32 Å². The number of carbonyl (C=O) groups excluding carboxylic acids is 1. The fraction of sp³-hybridized carbons (Fsp3) is 0.667. The molecule has 0 aliphatic carbocycles. The smallest absolute Gasteiger partial charge is 0.138 e. The van der Waals surface area contributed by atoms with Gasteiger partial charge in [-0.3, -0.25) is 4.79 Å². The maximum Gasteiger partial charge on any atom is 0.138 e. The summed E-state index contributed by atoms with van der Waals surface area (Å²) in [6.45, 7) is 4.59. The van der Waals surface area contributed by atoms with Crippen LogP contribution in [-0.2, 0) is 4.79 Å². The molecule has 0 aromatic rings. The first-order valence-corrected chi connectivity index (χ1v) is 5.42. The molecular weight excluding hydrogens is 170 g/mol. The molecule has 1 rings (SSSR count). The Morgan fingerprint density at radius 3 is 3.17 bits per heavy atom. The van der Waals surface area contributed by atoms with Gasteiger partial charge in [-0.1, -0.05) is 6.08 Å². The third-order valence-electron chi connectivity index (χ3n) is 1.84. The Kier molecular flexibility index (Phi) is 4.40. The molecule has 0 aromatic carbocycles. The first-order valence-electron chi connectivity index (χ1n) is 4.26. The number of rotatable bonds is 4. The van der Waals surface area contributed by atoms with E-state index in [9.17, 15) is 4.79 Å². The predicted octanol–water partition coefficient (Wildman–Crippen LogP) is 1.23. The molecular formula is C9H15NOS. The molecule has 1 unspecified atom stereocenters. The average molecular weight is 185 g/mol. The van der Waals surface area contributed by atoms with Crippen LogP contribution in [0.15, 0.2) is 12.7 Å². The molecule has 1 aliphatic heterocycles. The topological polar surface area (TPSA) is 29.1 Å². The molecule has 0 spiro atoms. The summed E-state index contributed by atoms with van der Waals surface area (Å²) in [5.41, 5.74) is 0. The number of ketones is 1. The van der Waals surface area contributed by atoms with Gasteiger partial charge >= 0.3 is 0 Å². The van der Waals surface area contributed by atoms with Crippen molar-refractivity contribution in [3.63, 3.8) is 0 Å². The largest absolute Gasteiger partial charge is 0.312 e. The molecule has 1 N–H and O–H groups in total. The molecule has 3 heteroatoms. The van der Waals surface area contributed by atoms with Crippen LogP contribution in [0.3, 0.4) is 0 Å². The number of hydrogen-bond acceptors (Lipinski definition) is 3. The highest BCUT2D eigenvalue weighted by Crippen LogP contribution is 2.11. The minimum atomic E-state index is 0.296.